The summed E-state index contributed by atoms with van der Waals surface area (Å²) in [4.78, 5) is 6.52. The predicted molar refractivity (Wildman–Crippen MR) is 104 cm³/mol. The quantitative estimate of drug-likeness (QED) is 0.640. The lowest BCUT2D eigenvalue weighted by Crippen LogP contribution is -2.26. The lowest BCUT2D eigenvalue weighted by Gasteiger charge is -2.20. The summed E-state index contributed by atoms with van der Waals surface area (Å²) in [6, 6.07) is 14.7. The number of hydrogen-bond donors (Lipinski definition) is 1. The van der Waals surface area contributed by atoms with Gasteiger partial charge in [-0.25, -0.2) is 0 Å². The number of aryl methyl sites for hydroxylation is 1. The molecule has 0 spiro atoms. The van der Waals surface area contributed by atoms with Gasteiger partial charge in [0, 0.05) is 12.1 Å². The van der Waals surface area contributed by atoms with Crippen LogP contribution < -0.4 is 0 Å². The molecule has 1 saturated heterocycles. The Labute approximate surface area is 172 Å². The fourth-order valence-corrected chi connectivity index (χ4v) is 3.81. The molecule has 5 nitrogen and oxygen atoms in total. The van der Waals surface area contributed by atoms with Crippen molar-refractivity contribution in [1.82, 2.24) is 15.0 Å². The molecule has 1 N–H and O–H groups in total. The number of hydrogen-bond acceptors (Lipinski definition) is 5. The van der Waals surface area contributed by atoms with E-state index in [1.54, 1.807) is 0 Å². The van der Waals surface area contributed by atoms with Crippen molar-refractivity contribution in [1.29, 1.82) is 0 Å². The van der Waals surface area contributed by atoms with Crippen molar-refractivity contribution >= 4 is 0 Å². The Balaban J connectivity index is 1.43. The molecular weight excluding hydrogens is 395 g/mol. The minimum atomic E-state index is -4.39. The maximum atomic E-state index is 12.7. The van der Waals surface area contributed by atoms with Crippen molar-refractivity contribution in [3.8, 4) is 11.4 Å². The summed E-state index contributed by atoms with van der Waals surface area (Å²) in [5.74, 6) is 0.616. The van der Waals surface area contributed by atoms with E-state index in [0.717, 1.165) is 31.5 Å². The van der Waals surface area contributed by atoms with E-state index in [1.165, 1.54) is 17.7 Å². The molecule has 1 fully saturated rings. The number of halogens is 3. The SMILES string of the molecule is O[C@@H]1C[C@@H](c2nc(-c3ccc(C(F)(F)F)cc3)no2)N(CCCc2ccccc2)C1. The minimum Gasteiger partial charge on any atom is -0.392 e. The van der Waals surface area contributed by atoms with Gasteiger partial charge in [-0.05, 0) is 43.5 Å². The number of β-amino-alcohol motifs (C(OH)–C–C–N with tert-alkyl or cyclic N) is 1. The second kappa shape index (κ2) is 8.57. The summed E-state index contributed by atoms with van der Waals surface area (Å²) in [6.45, 7) is 1.30. The topological polar surface area (TPSA) is 62.4 Å². The van der Waals surface area contributed by atoms with Gasteiger partial charge in [-0.2, -0.15) is 18.2 Å². The van der Waals surface area contributed by atoms with Crippen LogP contribution in [0.15, 0.2) is 59.1 Å². The van der Waals surface area contributed by atoms with E-state index in [9.17, 15) is 18.3 Å². The molecule has 0 amide bonds. The summed E-state index contributed by atoms with van der Waals surface area (Å²) in [5, 5.41) is 14.1. The van der Waals surface area contributed by atoms with Crippen LogP contribution in [0.4, 0.5) is 13.2 Å². The molecule has 0 radical (unpaired) electrons. The molecule has 30 heavy (non-hydrogen) atoms. The number of nitrogens with zero attached hydrogens (tertiary/aromatic N) is 3. The molecule has 0 saturated carbocycles. The Morgan fingerprint density at radius 3 is 2.50 bits per heavy atom. The number of rotatable bonds is 6. The van der Waals surface area contributed by atoms with Crippen molar-refractivity contribution in [2.75, 3.05) is 13.1 Å². The fraction of sp³-hybridized carbons (Fsp3) is 0.364. The van der Waals surface area contributed by atoms with Crippen LogP contribution in [0.25, 0.3) is 11.4 Å². The highest BCUT2D eigenvalue weighted by Gasteiger charge is 2.35. The van der Waals surface area contributed by atoms with Gasteiger partial charge in [-0.3, -0.25) is 4.90 Å². The molecule has 0 bridgehead atoms. The lowest BCUT2D eigenvalue weighted by molar-refractivity contribution is -0.137. The summed E-state index contributed by atoms with van der Waals surface area (Å²) in [7, 11) is 0. The number of aromatic nitrogens is 2. The molecule has 2 heterocycles. The highest BCUT2D eigenvalue weighted by Crippen LogP contribution is 2.33. The van der Waals surface area contributed by atoms with Gasteiger partial charge in [0.15, 0.2) is 0 Å². The molecule has 158 valence electrons. The third-order valence-electron chi connectivity index (χ3n) is 5.33. The first kappa shape index (κ1) is 20.6. The van der Waals surface area contributed by atoms with E-state index in [0.29, 0.717) is 24.4 Å². The van der Waals surface area contributed by atoms with Crippen LogP contribution in [0.3, 0.4) is 0 Å². The number of alkyl halides is 3. The molecule has 1 aliphatic rings. The molecule has 2 atom stereocenters. The van der Waals surface area contributed by atoms with Gasteiger partial charge in [-0.15, -0.1) is 0 Å². The number of likely N-dealkylation sites (tertiary alicyclic amines) is 1. The Bertz CT molecular complexity index is 958. The monoisotopic (exact) mass is 417 g/mol. The molecule has 8 heteroatoms. The van der Waals surface area contributed by atoms with E-state index >= 15 is 0 Å². The Morgan fingerprint density at radius 1 is 1.07 bits per heavy atom. The summed E-state index contributed by atoms with van der Waals surface area (Å²) in [5.41, 5.74) is 0.988. The van der Waals surface area contributed by atoms with Crippen LogP contribution in [0, 0.1) is 0 Å². The maximum absolute atomic E-state index is 12.7. The van der Waals surface area contributed by atoms with E-state index in [-0.39, 0.29) is 11.9 Å². The normalized spacial score (nSPS) is 20.0. The molecule has 4 rings (SSSR count). The smallest absolute Gasteiger partial charge is 0.392 e. The average Bonchev–Trinajstić information content (AvgIpc) is 3.35. The summed E-state index contributed by atoms with van der Waals surface area (Å²) >= 11 is 0. The molecule has 1 aromatic heterocycles. The van der Waals surface area contributed by atoms with Gasteiger partial charge in [0.05, 0.1) is 17.7 Å². The predicted octanol–water partition coefficient (Wildman–Crippen LogP) is 4.50. The third-order valence-corrected chi connectivity index (χ3v) is 5.33. The molecule has 3 aromatic rings. The minimum absolute atomic E-state index is 0.202. The Morgan fingerprint density at radius 2 is 1.80 bits per heavy atom. The first-order valence-electron chi connectivity index (χ1n) is 9.87. The van der Waals surface area contributed by atoms with Crippen molar-refractivity contribution in [3.05, 3.63) is 71.6 Å². The molecule has 1 aliphatic heterocycles. The first-order valence-corrected chi connectivity index (χ1v) is 9.87. The van der Waals surface area contributed by atoms with Crippen LogP contribution >= 0.6 is 0 Å². The summed E-state index contributed by atoms with van der Waals surface area (Å²) < 4.78 is 43.6. The third kappa shape index (κ3) is 4.71. The second-order valence-corrected chi connectivity index (χ2v) is 7.52. The average molecular weight is 417 g/mol. The van der Waals surface area contributed by atoms with Gasteiger partial charge < -0.3 is 9.63 Å². The number of aliphatic hydroxyl groups excluding tert-OH is 1. The number of benzene rings is 2. The van der Waals surface area contributed by atoms with Crippen molar-refractivity contribution < 1.29 is 22.8 Å². The van der Waals surface area contributed by atoms with Crippen molar-refractivity contribution in [3.63, 3.8) is 0 Å². The standard InChI is InChI=1S/C22H22F3N3O2/c23-22(24,25)17-10-8-16(9-11-17)20-26-21(30-27-20)19-13-18(29)14-28(19)12-4-7-15-5-2-1-3-6-15/h1-3,5-6,8-11,18-19,29H,4,7,12-14H2/t18-,19+/m1/s1. The van der Waals surface area contributed by atoms with Crippen LogP contribution in [0.2, 0.25) is 0 Å². The van der Waals surface area contributed by atoms with E-state index in [4.69, 9.17) is 4.52 Å². The van der Waals surface area contributed by atoms with Gasteiger partial charge in [0.1, 0.15) is 0 Å². The van der Waals surface area contributed by atoms with E-state index < -0.39 is 17.8 Å². The van der Waals surface area contributed by atoms with Gasteiger partial charge in [-0.1, -0.05) is 47.6 Å². The second-order valence-electron chi connectivity index (χ2n) is 7.52. The van der Waals surface area contributed by atoms with Crippen molar-refractivity contribution in [2.45, 2.75) is 37.6 Å². The van der Waals surface area contributed by atoms with Crippen LogP contribution in [-0.4, -0.2) is 39.3 Å². The largest absolute Gasteiger partial charge is 0.416 e. The van der Waals surface area contributed by atoms with Gasteiger partial charge in [0.25, 0.3) is 0 Å². The maximum Gasteiger partial charge on any atom is 0.416 e. The molecule has 0 aliphatic carbocycles. The number of aliphatic hydroxyl groups is 1. The fourth-order valence-electron chi connectivity index (χ4n) is 3.81. The Kier molecular flexibility index (Phi) is 5.87. The Hall–Kier alpha value is -2.71. The van der Waals surface area contributed by atoms with Crippen LogP contribution in [-0.2, 0) is 12.6 Å². The van der Waals surface area contributed by atoms with Gasteiger partial charge in [0.2, 0.25) is 11.7 Å². The van der Waals surface area contributed by atoms with E-state index in [1.807, 2.05) is 18.2 Å². The first-order chi connectivity index (χ1) is 14.4. The highest BCUT2D eigenvalue weighted by molar-refractivity contribution is 5.54. The molecule has 2 aromatic carbocycles. The molecule has 0 unspecified atom stereocenters. The van der Waals surface area contributed by atoms with Crippen LogP contribution in [0.5, 0.6) is 0 Å². The molecular formula is C22H22F3N3O2. The van der Waals surface area contributed by atoms with E-state index in [2.05, 4.69) is 27.2 Å². The van der Waals surface area contributed by atoms with Crippen LogP contribution in [0.1, 0.15) is 35.9 Å². The highest BCUT2D eigenvalue weighted by atomic mass is 19.4. The zero-order valence-corrected chi connectivity index (χ0v) is 16.2. The van der Waals surface area contributed by atoms with Gasteiger partial charge >= 0.3 is 6.18 Å². The van der Waals surface area contributed by atoms with Crippen molar-refractivity contribution in [2.24, 2.45) is 0 Å². The lowest BCUT2D eigenvalue weighted by atomic mass is 10.1. The zero-order valence-electron chi connectivity index (χ0n) is 16.2. The zero-order chi connectivity index (χ0) is 21.1. The summed E-state index contributed by atoms with van der Waals surface area (Å²) in [6.07, 6.45) is -2.53.